The Morgan fingerprint density at radius 2 is 1.56 bits per heavy atom. The lowest BCUT2D eigenvalue weighted by Gasteiger charge is -2.23. The number of ether oxygens (including phenoxy) is 1. The molecule has 1 atom stereocenters. The Morgan fingerprint density at radius 1 is 0.917 bits per heavy atom. The third-order valence-corrected chi connectivity index (χ3v) is 5.02. The highest BCUT2D eigenvalue weighted by Crippen LogP contribution is 2.17. The van der Waals surface area contributed by atoms with Crippen molar-refractivity contribution in [2.45, 2.75) is 38.8 Å². The van der Waals surface area contributed by atoms with E-state index in [4.69, 9.17) is 4.74 Å². The van der Waals surface area contributed by atoms with Crippen molar-refractivity contribution in [3.05, 3.63) is 106 Å². The zero-order chi connectivity index (χ0) is 26.3. The molecule has 0 aliphatic heterocycles. The summed E-state index contributed by atoms with van der Waals surface area (Å²) >= 11 is 0. The van der Waals surface area contributed by atoms with Crippen LogP contribution in [-0.2, 0) is 16.0 Å². The fourth-order valence-corrected chi connectivity index (χ4v) is 3.38. The first kappa shape index (κ1) is 26.1. The molecule has 0 spiro atoms. The van der Waals surface area contributed by atoms with Crippen LogP contribution in [0.25, 0.3) is 0 Å². The van der Waals surface area contributed by atoms with Crippen molar-refractivity contribution in [1.29, 1.82) is 0 Å². The van der Waals surface area contributed by atoms with Gasteiger partial charge in [-0.15, -0.1) is 0 Å². The summed E-state index contributed by atoms with van der Waals surface area (Å²) in [5.41, 5.74) is 1.01. The van der Waals surface area contributed by atoms with E-state index in [-0.39, 0.29) is 17.9 Å². The van der Waals surface area contributed by atoms with Gasteiger partial charge in [-0.25, -0.2) is 4.79 Å². The average molecular weight is 490 g/mol. The first-order valence-electron chi connectivity index (χ1n) is 11.3. The number of amides is 2. The first-order chi connectivity index (χ1) is 17.0. The molecule has 186 valence electrons. The molecule has 9 heteroatoms. The number of anilines is 1. The average Bonchev–Trinajstić information content (AvgIpc) is 2.83. The predicted octanol–water partition coefficient (Wildman–Crippen LogP) is 4.90. The minimum atomic E-state index is -1.08. The number of hydrogen-bond acceptors (Lipinski definition) is 6. The minimum absolute atomic E-state index is 0.00265. The van der Waals surface area contributed by atoms with Gasteiger partial charge in [0, 0.05) is 35.4 Å². The Balaban J connectivity index is 1.76. The molecule has 2 N–H and O–H groups in total. The number of ketones is 1. The van der Waals surface area contributed by atoms with Crippen molar-refractivity contribution in [3.8, 4) is 0 Å². The fraction of sp³-hybridized carbons (Fsp3) is 0.222. The van der Waals surface area contributed by atoms with Crippen molar-refractivity contribution in [3.63, 3.8) is 0 Å². The van der Waals surface area contributed by atoms with Gasteiger partial charge in [0.15, 0.2) is 5.78 Å². The van der Waals surface area contributed by atoms with Crippen molar-refractivity contribution < 1.29 is 24.0 Å². The standard InChI is InChI=1S/C27H27N3O6/c1-27(2,3)36-26(33)29-23(17-18-8-7-11-22(16-18)30(34)35)25(32)28-21-14-12-20(13-15-21)24(31)19-9-5-4-6-10-19/h4-16,23H,17H2,1-3H3,(H,28,32)(H,29,33). The van der Waals surface area contributed by atoms with Crippen LogP contribution in [0.5, 0.6) is 0 Å². The SMILES string of the molecule is CC(C)(C)OC(=O)NC(Cc1cccc([N+](=O)[O-])c1)C(=O)Nc1ccc(C(=O)c2ccccc2)cc1. The summed E-state index contributed by atoms with van der Waals surface area (Å²) in [5, 5.41) is 16.4. The van der Waals surface area contributed by atoms with Gasteiger partial charge in [0.05, 0.1) is 4.92 Å². The third kappa shape index (κ3) is 7.49. The zero-order valence-corrected chi connectivity index (χ0v) is 20.2. The Labute approximate surface area is 208 Å². The van der Waals surface area contributed by atoms with Gasteiger partial charge in [-0.3, -0.25) is 19.7 Å². The van der Waals surface area contributed by atoms with Crippen LogP contribution in [0.4, 0.5) is 16.2 Å². The van der Waals surface area contributed by atoms with Crippen molar-refractivity contribution in [2.24, 2.45) is 0 Å². The van der Waals surface area contributed by atoms with E-state index in [0.717, 1.165) is 0 Å². The number of nitrogens with zero attached hydrogens (tertiary/aromatic N) is 1. The molecule has 0 heterocycles. The van der Waals surface area contributed by atoms with Crippen LogP contribution in [0.2, 0.25) is 0 Å². The molecule has 0 saturated heterocycles. The molecule has 9 nitrogen and oxygen atoms in total. The van der Waals surface area contributed by atoms with Gasteiger partial charge in [-0.1, -0.05) is 42.5 Å². The molecule has 0 radical (unpaired) electrons. The van der Waals surface area contributed by atoms with Gasteiger partial charge in [0.25, 0.3) is 5.69 Å². The van der Waals surface area contributed by atoms with Gasteiger partial charge < -0.3 is 15.4 Å². The van der Waals surface area contributed by atoms with E-state index in [1.54, 1.807) is 75.4 Å². The van der Waals surface area contributed by atoms with Crippen LogP contribution in [0.3, 0.4) is 0 Å². The fourth-order valence-electron chi connectivity index (χ4n) is 3.38. The van der Waals surface area contributed by atoms with E-state index in [9.17, 15) is 24.5 Å². The van der Waals surface area contributed by atoms with Gasteiger partial charge in [0.1, 0.15) is 11.6 Å². The van der Waals surface area contributed by atoms with Crippen LogP contribution >= 0.6 is 0 Å². The summed E-state index contributed by atoms with van der Waals surface area (Å²) < 4.78 is 5.28. The number of alkyl carbamates (subject to hydrolysis) is 1. The number of carbonyl (C=O) groups is 3. The number of nitro benzene ring substituents is 1. The topological polar surface area (TPSA) is 128 Å². The second-order valence-electron chi connectivity index (χ2n) is 9.09. The zero-order valence-electron chi connectivity index (χ0n) is 20.2. The van der Waals surface area contributed by atoms with E-state index >= 15 is 0 Å². The lowest BCUT2D eigenvalue weighted by molar-refractivity contribution is -0.384. The molecule has 0 aliphatic carbocycles. The molecule has 0 bridgehead atoms. The highest BCUT2D eigenvalue weighted by Gasteiger charge is 2.25. The molecule has 1 unspecified atom stereocenters. The maximum absolute atomic E-state index is 13.1. The number of benzene rings is 3. The number of nitrogens with one attached hydrogen (secondary N) is 2. The van der Waals surface area contributed by atoms with Crippen LogP contribution in [0.1, 0.15) is 42.3 Å². The highest BCUT2D eigenvalue weighted by atomic mass is 16.6. The molecule has 0 aromatic heterocycles. The van der Waals surface area contributed by atoms with E-state index in [0.29, 0.717) is 22.4 Å². The lowest BCUT2D eigenvalue weighted by Crippen LogP contribution is -2.47. The van der Waals surface area contributed by atoms with E-state index in [2.05, 4.69) is 10.6 Å². The Bertz CT molecular complexity index is 1250. The van der Waals surface area contributed by atoms with Gasteiger partial charge in [-0.05, 0) is 50.6 Å². The summed E-state index contributed by atoms with van der Waals surface area (Å²) in [6.45, 7) is 5.08. The Kier molecular flexibility index (Phi) is 8.16. The molecule has 3 aromatic rings. The molecule has 0 fully saturated rings. The smallest absolute Gasteiger partial charge is 0.408 e. The van der Waals surface area contributed by atoms with E-state index < -0.39 is 28.6 Å². The van der Waals surface area contributed by atoms with Crippen LogP contribution < -0.4 is 10.6 Å². The van der Waals surface area contributed by atoms with Gasteiger partial charge in [0.2, 0.25) is 5.91 Å². The maximum atomic E-state index is 13.1. The number of nitro groups is 1. The predicted molar refractivity (Wildman–Crippen MR) is 135 cm³/mol. The highest BCUT2D eigenvalue weighted by molar-refractivity contribution is 6.09. The van der Waals surface area contributed by atoms with Gasteiger partial charge >= 0.3 is 6.09 Å². The second kappa shape index (κ2) is 11.3. The Hall–Kier alpha value is -4.53. The molecule has 2 amide bonds. The number of non-ortho nitro benzene ring substituents is 1. The Morgan fingerprint density at radius 3 is 2.17 bits per heavy atom. The molecule has 3 rings (SSSR count). The second-order valence-corrected chi connectivity index (χ2v) is 9.09. The molecule has 0 aliphatic rings. The van der Waals surface area contributed by atoms with Crippen molar-refractivity contribution in [1.82, 2.24) is 5.32 Å². The van der Waals surface area contributed by atoms with Crippen LogP contribution in [0.15, 0.2) is 78.9 Å². The lowest BCUT2D eigenvalue weighted by atomic mass is 10.0. The largest absolute Gasteiger partial charge is 0.444 e. The monoisotopic (exact) mass is 489 g/mol. The van der Waals surface area contributed by atoms with Crippen molar-refractivity contribution in [2.75, 3.05) is 5.32 Å². The molecule has 3 aromatic carbocycles. The molecule has 0 saturated carbocycles. The number of carbonyl (C=O) groups excluding carboxylic acids is 3. The summed E-state index contributed by atoms with van der Waals surface area (Å²) in [6, 6.07) is 20.0. The van der Waals surface area contributed by atoms with Crippen molar-refractivity contribution >= 4 is 29.2 Å². The third-order valence-electron chi connectivity index (χ3n) is 5.02. The quantitative estimate of drug-likeness (QED) is 0.263. The molecule has 36 heavy (non-hydrogen) atoms. The van der Waals surface area contributed by atoms with E-state index in [1.807, 2.05) is 6.07 Å². The summed E-state index contributed by atoms with van der Waals surface area (Å²) in [6.07, 6.45) is -0.797. The minimum Gasteiger partial charge on any atom is -0.444 e. The summed E-state index contributed by atoms with van der Waals surface area (Å²) in [7, 11) is 0. The normalized spacial score (nSPS) is 11.8. The summed E-state index contributed by atoms with van der Waals surface area (Å²) in [4.78, 5) is 48.7. The van der Waals surface area contributed by atoms with Gasteiger partial charge in [-0.2, -0.15) is 0 Å². The first-order valence-corrected chi connectivity index (χ1v) is 11.3. The molecular weight excluding hydrogens is 462 g/mol. The maximum Gasteiger partial charge on any atom is 0.408 e. The van der Waals surface area contributed by atoms with Crippen LogP contribution in [0, 0.1) is 10.1 Å². The number of hydrogen-bond donors (Lipinski definition) is 2. The van der Waals surface area contributed by atoms with E-state index in [1.165, 1.54) is 18.2 Å². The molecular formula is C27H27N3O6. The van der Waals surface area contributed by atoms with Crippen LogP contribution in [-0.4, -0.2) is 34.3 Å². The summed E-state index contributed by atoms with van der Waals surface area (Å²) in [5.74, 6) is -0.696. The number of rotatable bonds is 8.